The van der Waals surface area contributed by atoms with Crippen LogP contribution in [-0.2, 0) is 11.2 Å². The summed E-state index contributed by atoms with van der Waals surface area (Å²) in [6.07, 6.45) is 0.769. The number of carbonyl (C=O) groups excluding carboxylic acids is 1. The van der Waals surface area contributed by atoms with E-state index in [0.29, 0.717) is 5.78 Å². The summed E-state index contributed by atoms with van der Waals surface area (Å²) in [4.78, 5) is 15.0. The average Bonchev–Trinajstić information content (AvgIpc) is 2.33. The number of hydrogen-bond donors (Lipinski definition) is 0. The number of ketones is 1. The molecule has 0 aliphatic carbocycles. The third-order valence-corrected chi connectivity index (χ3v) is 3.84. The number of benzene rings is 1. The zero-order chi connectivity index (χ0) is 15.6. The number of Topliss-reactive ketones (excluding diaryl/α,β-unsaturated/α-hetero) is 1. The van der Waals surface area contributed by atoms with Gasteiger partial charge in [-0.15, -0.1) is 0 Å². The van der Waals surface area contributed by atoms with Gasteiger partial charge in [0.2, 0.25) is 0 Å². The molecule has 0 aliphatic rings. The summed E-state index contributed by atoms with van der Waals surface area (Å²) in [5.41, 5.74) is 0.866. The summed E-state index contributed by atoms with van der Waals surface area (Å²) >= 11 is 0. The Labute approximate surface area is 124 Å². The maximum atomic E-state index is 12.8. The van der Waals surface area contributed by atoms with Crippen LogP contribution in [0.15, 0.2) is 30.3 Å². The topological polar surface area (TPSA) is 20.3 Å². The van der Waals surface area contributed by atoms with Gasteiger partial charge in [-0.05, 0) is 39.8 Å². The van der Waals surface area contributed by atoms with Crippen molar-refractivity contribution in [2.24, 2.45) is 5.41 Å². The molecule has 0 aliphatic heterocycles. The van der Waals surface area contributed by atoms with Gasteiger partial charge in [0.1, 0.15) is 0 Å². The van der Waals surface area contributed by atoms with Crippen LogP contribution in [0.3, 0.4) is 0 Å². The molecule has 2 heteroatoms. The fourth-order valence-corrected chi connectivity index (χ4v) is 2.21. The predicted octanol–water partition coefficient (Wildman–Crippen LogP) is 3.94. The van der Waals surface area contributed by atoms with Crippen molar-refractivity contribution >= 4 is 5.78 Å². The first-order chi connectivity index (χ1) is 9.03. The largest absolute Gasteiger partial charge is 0.297 e. The molecule has 0 aromatic heterocycles. The normalized spacial score (nSPS) is 14.4. The third kappa shape index (κ3) is 4.45. The molecule has 0 heterocycles. The number of rotatable bonds is 4. The molecule has 0 radical (unpaired) electrons. The summed E-state index contributed by atoms with van der Waals surface area (Å²) in [6, 6.07) is 10.2. The Bertz CT molecular complexity index is 437. The molecule has 0 amide bonds. The van der Waals surface area contributed by atoms with Crippen molar-refractivity contribution in [3.8, 4) is 0 Å². The van der Waals surface area contributed by atoms with Crippen LogP contribution in [0.1, 0.15) is 47.1 Å². The van der Waals surface area contributed by atoms with E-state index in [1.165, 1.54) is 5.56 Å². The highest BCUT2D eigenvalue weighted by Crippen LogP contribution is 2.25. The van der Waals surface area contributed by atoms with E-state index in [2.05, 4.69) is 44.9 Å². The van der Waals surface area contributed by atoms with Crippen molar-refractivity contribution < 1.29 is 4.79 Å². The molecule has 0 saturated carbocycles. The van der Waals surface area contributed by atoms with Crippen molar-refractivity contribution in [1.82, 2.24) is 4.90 Å². The first-order valence-corrected chi connectivity index (χ1v) is 7.34. The van der Waals surface area contributed by atoms with Crippen molar-refractivity contribution in [3.63, 3.8) is 0 Å². The lowest BCUT2D eigenvalue weighted by atomic mass is 9.82. The second-order valence-corrected chi connectivity index (χ2v) is 7.60. The minimum absolute atomic E-state index is 0.0274. The maximum absolute atomic E-state index is 12.8. The Morgan fingerprint density at radius 3 is 1.95 bits per heavy atom. The zero-order valence-electron chi connectivity index (χ0n) is 14.0. The number of likely N-dealkylation sites (N-methyl/N-ethyl adjacent to an activating group) is 1. The van der Waals surface area contributed by atoms with Gasteiger partial charge >= 0.3 is 0 Å². The zero-order valence-corrected chi connectivity index (χ0v) is 14.0. The Morgan fingerprint density at radius 2 is 1.55 bits per heavy atom. The molecule has 20 heavy (non-hydrogen) atoms. The van der Waals surface area contributed by atoms with Crippen LogP contribution >= 0.6 is 0 Å². The quantitative estimate of drug-likeness (QED) is 0.829. The molecule has 0 unspecified atom stereocenters. The first kappa shape index (κ1) is 16.9. The van der Waals surface area contributed by atoms with Gasteiger partial charge in [0.05, 0.1) is 6.04 Å². The Hall–Kier alpha value is -1.15. The second-order valence-electron chi connectivity index (χ2n) is 7.60. The Kier molecular flexibility index (Phi) is 5.15. The highest BCUT2D eigenvalue weighted by molar-refractivity contribution is 5.89. The molecule has 0 bridgehead atoms. The fourth-order valence-electron chi connectivity index (χ4n) is 2.21. The average molecular weight is 275 g/mol. The van der Waals surface area contributed by atoms with E-state index in [1.807, 2.05) is 39.0 Å². The molecule has 1 aromatic carbocycles. The van der Waals surface area contributed by atoms with Gasteiger partial charge in [-0.2, -0.15) is 0 Å². The molecule has 1 atom stereocenters. The Morgan fingerprint density at radius 1 is 1.05 bits per heavy atom. The van der Waals surface area contributed by atoms with Crippen molar-refractivity contribution in [2.75, 3.05) is 7.05 Å². The van der Waals surface area contributed by atoms with E-state index < -0.39 is 0 Å². The minimum atomic E-state index is -0.320. The van der Waals surface area contributed by atoms with Gasteiger partial charge in [0.15, 0.2) is 5.78 Å². The lowest BCUT2D eigenvalue weighted by Crippen LogP contribution is -2.52. The summed E-state index contributed by atoms with van der Waals surface area (Å²) < 4.78 is 0. The van der Waals surface area contributed by atoms with Crippen molar-refractivity contribution in [1.29, 1.82) is 0 Å². The number of nitrogens with zero attached hydrogens (tertiary/aromatic N) is 1. The highest BCUT2D eigenvalue weighted by Gasteiger charge is 2.36. The van der Waals surface area contributed by atoms with E-state index in [1.54, 1.807) is 0 Å². The van der Waals surface area contributed by atoms with Gasteiger partial charge in [0, 0.05) is 11.0 Å². The van der Waals surface area contributed by atoms with Gasteiger partial charge in [-0.1, -0.05) is 51.1 Å². The fraction of sp³-hybridized carbons (Fsp3) is 0.611. The van der Waals surface area contributed by atoms with Crippen molar-refractivity contribution in [3.05, 3.63) is 35.9 Å². The van der Waals surface area contributed by atoms with Crippen LogP contribution in [0.4, 0.5) is 0 Å². The van der Waals surface area contributed by atoms with Crippen LogP contribution in [-0.4, -0.2) is 29.3 Å². The molecular formula is C18H29NO. The van der Waals surface area contributed by atoms with E-state index in [4.69, 9.17) is 0 Å². The molecule has 0 fully saturated rings. The van der Waals surface area contributed by atoms with Gasteiger partial charge in [-0.3, -0.25) is 9.69 Å². The SMILES string of the molecule is CN([C@@H](Cc1ccccc1)C(=O)C(C)(C)C)C(C)(C)C. The van der Waals surface area contributed by atoms with E-state index in [0.717, 1.165) is 6.42 Å². The van der Waals surface area contributed by atoms with Gasteiger partial charge < -0.3 is 0 Å². The van der Waals surface area contributed by atoms with Crippen LogP contribution in [0.25, 0.3) is 0 Å². The van der Waals surface area contributed by atoms with Crippen LogP contribution in [0.5, 0.6) is 0 Å². The summed E-state index contributed by atoms with van der Waals surface area (Å²) in [7, 11) is 2.05. The van der Waals surface area contributed by atoms with E-state index in [9.17, 15) is 4.79 Å². The molecule has 0 saturated heterocycles. The molecule has 1 rings (SSSR count). The van der Waals surface area contributed by atoms with Crippen LogP contribution in [0, 0.1) is 5.41 Å². The van der Waals surface area contributed by atoms with Crippen LogP contribution < -0.4 is 0 Å². The first-order valence-electron chi connectivity index (χ1n) is 7.34. The number of carbonyl (C=O) groups is 1. The highest BCUT2D eigenvalue weighted by atomic mass is 16.1. The summed E-state index contributed by atoms with van der Waals surface area (Å²) in [6.45, 7) is 12.5. The molecule has 0 N–H and O–H groups in total. The number of hydrogen-bond acceptors (Lipinski definition) is 2. The standard InChI is InChI=1S/C18H29NO/c1-17(2,3)16(20)15(19(7)18(4,5)6)13-14-11-9-8-10-12-14/h8-12,15H,13H2,1-7H3/t15-/m0/s1. The van der Waals surface area contributed by atoms with Gasteiger partial charge in [-0.25, -0.2) is 0 Å². The van der Waals surface area contributed by atoms with Crippen molar-refractivity contribution in [2.45, 2.75) is 59.5 Å². The molecular weight excluding hydrogens is 246 g/mol. The lowest BCUT2D eigenvalue weighted by molar-refractivity contribution is -0.133. The molecule has 0 spiro atoms. The summed E-state index contributed by atoms with van der Waals surface area (Å²) in [5, 5.41) is 0. The monoisotopic (exact) mass is 275 g/mol. The van der Waals surface area contributed by atoms with Crippen LogP contribution in [0.2, 0.25) is 0 Å². The molecule has 1 aromatic rings. The van der Waals surface area contributed by atoms with Gasteiger partial charge in [0.25, 0.3) is 0 Å². The van der Waals surface area contributed by atoms with E-state index in [-0.39, 0.29) is 17.0 Å². The third-order valence-electron chi connectivity index (χ3n) is 3.84. The molecule has 112 valence electrons. The minimum Gasteiger partial charge on any atom is -0.297 e. The Balaban J connectivity index is 3.05. The molecule has 2 nitrogen and oxygen atoms in total. The maximum Gasteiger partial charge on any atom is 0.155 e. The lowest BCUT2D eigenvalue weighted by Gasteiger charge is -2.40. The second kappa shape index (κ2) is 6.09. The smallest absolute Gasteiger partial charge is 0.155 e. The van der Waals surface area contributed by atoms with E-state index >= 15 is 0 Å². The summed E-state index contributed by atoms with van der Waals surface area (Å²) in [5.74, 6) is 0.304. The predicted molar refractivity (Wildman–Crippen MR) is 85.9 cm³/mol.